The summed E-state index contributed by atoms with van der Waals surface area (Å²) in [5.74, 6) is 0.868. The molecular formula is C23H29Cl2NO3. The van der Waals surface area contributed by atoms with E-state index >= 15 is 0 Å². The van der Waals surface area contributed by atoms with Gasteiger partial charge in [0.15, 0.2) is 0 Å². The Morgan fingerprint density at radius 1 is 0.966 bits per heavy atom. The third-order valence-electron chi connectivity index (χ3n) is 4.53. The standard InChI is InChI=1S/C11H19NO3.2C6H5Cl/c13-6-1-2-10-11(14)12(5-7-15-10)8-9-3-4-9;2*7-6-4-2-1-3-5-6/h9-10,13H,1-8H2;2*1-5H. The Hall–Kier alpha value is -1.59. The predicted molar refractivity (Wildman–Crippen MR) is 118 cm³/mol. The fourth-order valence-corrected chi connectivity index (χ4v) is 3.09. The van der Waals surface area contributed by atoms with Crippen molar-refractivity contribution in [2.45, 2.75) is 31.8 Å². The van der Waals surface area contributed by atoms with Gasteiger partial charge in [0.2, 0.25) is 0 Å². The van der Waals surface area contributed by atoms with E-state index in [0.717, 1.165) is 29.1 Å². The molecule has 1 aliphatic carbocycles. The van der Waals surface area contributed by atoms with Crippen molar-refractivity contribution >= 4 is 29.1 Å². The minimum atomic E-state index is -0.301. The van der Waals surface area contributed by atoms with Crippen LogP contribution in [-0.2, 0) is 9.53 Å². The highest BCUT2D eigenvalue weighted by molar-refractivity contribution is 6.30. The summed E-state index contributed by atoms with van der Waals surface area (Å²) in [5.41, 5.74) is 0. The Balaban J connectivity index is 0.000000178. The van der Waals surface area contributed by atoms with Gasteiger partial charge in [-0.15, -0.1) is 0 Å². The van der Waals surface area contributed by atoms with E-state index in [-0.39, 0.29) is 18.6 Å². The number of carbonyl (C=O) groups is 1. The summed E-state index contributed by atoms with van der Waals surface area (Å²) in [7, 11) is 0. The lowest BCUT2D eigenvalue weighted by Gasteiger charge is -2.32. The molecule has 4 nitrogen and oxygen atoms in total. The Morgan fingerprint density at radius 2 is 1.52 bits per heavy atom. The van der Waals surface area contributed by atoms with Gasteiger partial charge >= 0.3 is 0 Å². The fourth-order valence-electron chi connectivity index (χ4n) is 2.80. The van der Waals surface area contributed by atoms with Gasteiger partial charge in [-0.2, -0.15) is 0 Å². The highest BCUT2D eigenvalue weighted by Gasteiger charge is 2.33. The van der Waals surface area contributed by atoms with Crippen LogP contribution in [0.15, 0.2) is 60.7 Å². The van der Waals surface area contributed by atoms with Crippen LogP contribution in [0.5, 0.6) is 0 Å². The van der Waals surface area contributed by atoms with Gasteiger partial charge in [0, 0.05) is 29.7 Å². The molecule has 0 bridgehead atoms. The molecule has 1 unspecified atom stereocenters. The number of benzene rings is 2. The van der Waals surface area contributed by atoms with Gasteiger partial charge in [0.05, 0.1) is 6.61 Å². The SMILES string of the molecule is Clc1ccccc1.Clc1ccccc1.O=C1C(CCCO)OCCN1CC1CC1. The second-order valence-electron chi connectivity index (χ2n) is 7.04. The molecule has 2 aromatic carbocycles. The Morgan fingerprint density at radius 3 is 1.93 bits per heavy atom. The minimum absolute atomic E-state index is 0.126. The number of amides is 1. The molecule has 0 aromatic heterocycles. The zero-order chi connectivity index (χ0) is 20.9. The Labute approximate surface area is 183 Å². The van der Waals surface area contributed by atoms with Crippen molar-refractivity contribution in [2.24, 2.45) is 5.92 Å². The van der Waals surface area contributed by atoms with E-state index in [1.54, 1.807) is 0 Å². The second kappa shape index (κ2) is 13.6. The lowest BCUT2D eigenvalue weighted by Crippen LogP contribution is -2.48. The summed E-state index contributed by atoms with van der Waals surface area (Å²) in [6, 6.07) is 18.9. The van der Waals surface area contributed by atoms with Gasteiger partial charge in [-0.3, -0.25) is 4.79 Å². The normalized spacial score (nSPS) is 18.2. The number of aliphatic hydroxyl groups is 1. The number of ether oxygens (including phenoxy) is 1. The fraction of sp³-hybridized carbons (Fsp3) is 0.435. The van der Waals surface area contributed by atoms with Crippen molar-refractivity contribution in [3.05, 3.63) is 70.7 Å². The molecule has 1 aliphatic heterocycles. The van der Waals surface area contributed by atoms with Crippen LogP contribution >= 0.6 is 23.2 Å². The highest BCUT2D eigenvalue weighted by atomic mass is 35.5. The first-order chi connectivity index (χ1) is 14.1. The number of hydrogen-bond donors (Lipinski definition) is 1. The molecule has 1 atom stereocenters. The average molecular weight is 438 g/mol. The number of hydrogen-bond acceptors (Lipinski definition) is 3. The summed E-state index contributed by atoms with van der Waals surface area (Å²) < 4.78 is 5.42. The first-order valence-corrected chi connectivity index (χ1v) is 10.8. The zero-order valence-corrected chi connectivity index (χ0v) is 18.1. The maximum atomic E-state index is 11.9. The van der Waals surface area contributed by atoms with E-state index in [1.165, 1.54) is 12.8 Å². The van der Waals surface area contributed by atoms with Gasteiger partial charge in [-0.25, -0.2) is 0 Å². The van der Waals surface area contributed by atoms with Gasteiger partial charge in [-0.1, -0.05) is 59.6 Å². The predicted octanol–water partition coefficient (Wildman–Crippen LogP) is 5.08. The first kappa shape index (κ1) is 23.7. The lowest BCUT2D eigenvalue weighted by molar-refractivity contribution is -0.153. The van der Waals surface area contributed by atoms with Crippen LogP contribution in [0.2, 0.25) is 10.0 Å². The molecule has 1 heterocycles. The summed E-state index contributed by atoms with van der Waals surface area (Å²) >= 11 is 11.1. The lowest BCUT2D eigenvalue weighted by atomic mass is 10.1. The summed E-state index contributed by atoms with van der Waals surface area (Å²) in [4.78, 5) is 13.8. The third-order valence-corrected chi connectivity index (χ3v) is 5.04. The smallest absolute Gasteiger partial charge is 0.251 e. The molecule has 158 valence electrons. The molecule has 2 aliphatic rings. The van der Waals surface area contributed by atoms with Crippen LogP contribution in [0, 0.1) is 5.92 Å². The van der Waals surface area contributed by atoms with Crippen molar-refractivity contribution in [1.29, 1.82) is 0 Å². The summed E-state index contributed by atoms with van der Waals surface area (Å²) in [5, 5.41) is 10.3. The van der Waals surface area contributed by atoms with Crippen molar-refractivity contribution < 1.29 is 14.6 Å². The molecule has 0 radical (unpaired) electrons. The molecule has 6 heteroatoms. The third kappa shape index (κ3) is 10.1. The Bertz CT molecular complexity index is 658. The number of rotatable bonds is 5. The maximum absolute atomic E-state index is 11.9. The topological polar surface area (TPSA) is 49.8 Å². The number of morpholine rings is 1. The molecule has 2 aromatic rings. The van der Waals surface area contributed by atoms with Crippen LogP contribution < -0.4 is 0 Å². The van der Waals surface area contributed by atoms with Crippen LogP contribution in [0.3, 0.4) is 0 Å². The quantitative estimate of drug-likeness (QED) is 0.709. The first-order valence-electron chi connectivity index (χ1n) is 10.0. The second-order valence-corrected chi connectivity index (χ2v) is 7.92. The van der Waals surface area contributed by atoms with Gasteiger partial charge < -0.3 is 14.7 Å². The Kier molecular flexibility index (Phi) is 11.1. The summed E-state index contributed by atoms with van der Waals surface area (Å²) in [6.45, 7) is 2.44. The van der Waals surface area contributed by atoms with Crippen LogP contribution in [0.25, 0.3) is 0 Å². The van der Waals surface area contributed by atoms with Crippen molar-refractivity contribution in [2.75, 3.05) is 26.3 Å². The van der Waals surface area contributed by atoms with Crippen molar-refractivity contribution in [1.82, 2.24) is 4.90 Å². The highest BCUT2D eigenvalue weighted by Crippen LogP contribution is 2.30. The molecule has 1 saturated heterocycles. The molecule has 2 fully saturated rings. The molecule has 29 heavy (non-hydrogen) atoms. The monoisotopic (exact) mass is 437 g/mol. The van der Waals surface area contributed by atoms with Crippen molar-refractivity contribution in [3.63, 3.8) is 0 Å². The minimum Gasteiger partial charge on any atom is -0.396 e. The van der Waals surface area contributed by atoms with E-state index < -0.39 is 0 Å². The van der Waals surface area contributed by atoms with E-state index in [2.05, 4.69) is 0 Å². The number of nitrogens with zero attached hydrogens (tertiary/aromatic N) is 1. The molecular weight excluding hydrogens is 409 g/mol. The zero-order valence-electron chi connectivity index (χ0n) is 16.6. The summed E-state index contributed by atoms with van der Waals surface area (Å²) in [6.07, 6.45) is 3.53. The van der Waals surface area contributed by atoms with Crippen LogP contribution in [0.1, 0.15) is 25.7 Å². The van der Waals surface area contributed by atoms with E-state index in [0.29, 0.717) is 19.4 Å². The molecule has 4 rings (SSSR count). The largest absolute Gasteiger partial charge is 0.396 e. The molecule has 1 amide bonds. The number of carbonyl (C=O) groups excluding carboxylic acids is 1. The van der Waals surface area contributed by atoms with Crippen LogP contribution in [-0.4, -0.2) is 48.3 Å². The van der Waals surface area contributed by atoms with E-state index in [9.17, 15) is 4.79 Å². The van der Waals surface area contributed by atoms with E-state index in [4.69, 9.17) is 33.0 Å². The van der Waals surface area contributed by atoms with Gasteiger partial charge in [0.25, 0.3) is 5.91 Å². The van der Waals surface area contributed by atoms with Crippen LogP contribution in [0.4, 0.5) is 0 Å². The van der Waals surface area contributed by atoms with Gasteiger partial charge in [0.1, 0.15) is 6.10 Å². The molecule has 1 saturated carbocycles. The average Bonchev–Trinajstić information content (AvgIpc) is 3.55. The molecule has 1 N–H and O–H groups in total. The van der Waals surface area contributed by atoms with E-state index in [1.807, 2.05) is 65.6 Å². The molecule has 0 spiro atoms. The maximum Gasteiger partial charge on any atom is 0.251 e. The number of halogens is 2. The van der Waals surface area contributed by atoms with Crippen molar-refractivity contribution in [3.8, 4) is 0 Å². The number of aliphatic hydroxyl groups excluding tert-OH is 1. The van der Waals surface area contributed by atoms with Gasteiger partial charge in [-0.05, 0) is 55.9 Å².